The summed E-state index contributed by atoms with van der Waals surface area (Å²) in [6.45, 7) is 1.20. The van der Waals surface area contributed by atoms with E-state index in [1.807, 2.05) is 4.90 Å². The molecule has 0 saturated carbocycles. The zero-order valence-corrected chi connectivity index (χ0v) is 19.5. The van der Waals surface area contributed by atoms with Crippen LogP contribution in [0.5, 0.6) is 6.01 Å². The van der Waals surface area contributed by atoms with Crippen LogP contribution in [0.25, 0.3) is 22.1 Å². The first-order valence-electron chi connectivity index (χ1n) is 10.4. The Bertz CT molecular complexity index is 1380. The monoisotopic (exact) mass is 499 g/mol. The molecule has 10 nitrogen and oxygen atoms in total. The number of hydrogen-bond acceptors (Lipinski definition) is 9. The van der Waals surface area contributed by atoms with Crippen molar-refractivity contribution in [3.05, 3.63) is 52.4 Å². The summed E-state index contributed by atoms with van der Waals surface area (Å²) in [4.78, 5) is 27.5. The summed E-state index contributed by atoms with van der Waals surface area (Å²) >= 11 is 12.6. The number of nitrogens with one attached hydrogen (secondary N) is 1. The van der Waals surface area contributed by atoms with Crippen molar-refractivity contribution in [3.63, 3.8) is 0 Å². The van der Waals surface area contributed by atoms with Gasteiger partial charge in [-0.1, -0.05) is 34.4 Å². The number of anilines is 2. The van der Waals surface area contributed by atoms with E-state index in [0.717, 1.165) is 17.5 Å². The van der Waals surface area contributed by atoms with E-state index >= 15 is 0 Å². The Balaban J connectivity index is 1.28. The molecule has 4 aromatic rings. The molecule has 174 valence electrons. The Hall–Kier alpha value is -3.63. The summed E-state index contributed by atoms with van der Waals surface area (Å²) in [7, 11) is 1.50. The van der Waals surface area contributed by atoms with Gasteiger partial charge in [-0.25, -0.2) is 15.0 Å². The van der Waals surface area contributed by atoms with Gasteiger partial charge in [0.1, 0.15) is 0 Å². The first-order valence-corrected chi connectivity index (χ1v) is 11.1. The molecule has 1 unspecified atom stereocenters. The molecule has 1 amide bonds. The highest BCUT2D eigenvalue weighted by molar-refractivity contribution is 6.36. The number of rotatable bonds is 5. The maximum absolute atomic E-state index is 12.9. The molecule has 34 heavy (non-hydrogen) atoms. The van der Waals surface area contributed by atoms with Crippen LogP contribution >= 0.6 is 23.2 Å². The van der Waals surface area contributed by atoms with Crippen molar-refractivity contribution < 1.29 is 14.1 Å². The lowest BCUT2D eigenvalue weighted by atomic mass is 10.1. The zero-order chi connectivity index (χ0) is 23.8. The number of nitrogens with two attached hydrogens (primary N) is 1. The number of nitrogens with zero attached hydrogens (tertiary/aromatic N) is 5. The minimum absolute atomic E-state index is 0.106. The lowest BCUT2D eigenvalue weighted by Crippen LogP contribution is -2.37. The van der Waals surface area contributed by atoms with Gasteiger partial charge >= 0.3 is 6.01 Å². The minimum atomic E-state index is -0.257. The predicted octanol–water partition coefficient (Wildman–Crippen LogP) is 3.59. The van der Waals surface area contributed by atoms with Gasteiger partial charge < -0.3 is 25.2 Å². The van der Waals surface area contributed by atoms with Gasteiger partial charge in [0.05, 0.1) is 28.1 Å². The molecule has 0 radical (unpaired) electrons. The highest BCUT2D eigenvalue weighted by atomic mass is 35.5. The van der Waals surface area contributed by atoms with Crippen LogP contribution in [0.4, 0.5) is 11.6 Å². The number of carbonyl (C=O) groups is 1. The maximum Gasteiger partial charge on any atom is 0.316 e. The summed E-state index contributed by atoms with van der Waals surface area (Å²) in [5, 5.41) is 8.08. The molecule has 0 bridgehead atoms. The van der Waals surface area contributed by atoms with E-state index in [-0.39, 0.29) is 23.8 Å². The van der Waals surface area contributed by atoms with Crippen LogP contribution in [0.15, 0.2) is 41.3 Å². The molecule has 1 saturated heterocycles. The Kier molecular flexibility index (Phi) is 5.84. The third kappa shape index (κ3) is 4.06. The van der Waals surface area contributed by atoms with Gasteiger partial charge in [0.25, 0.3) is 5.91 Å². The third-order valence-corrected chi connectivity index (χ3v) is 6.24. The van der Waals surface area contributed by atoms with Gasteiger partial charge in [-0.15, -0.1) is 0 Å². The van der Waals surface area contributed by atoms with E-state index in [1.54, 1.807) is 30.6 Å². The van der Waals surface area contributed by atoms with E-state index < -0.39 is 0 Å². The van der Waals surface area contributed by atoms with Crippen molar-refractivity contribution in [3.8, 4) is 17.1 Å². The van der Waals surface area contributed by atoms with Crippen molar-refractivity contribution in [2.45, 2.75) is 12.5 Å². The summed E-state index contributed by atoms with van der Waals surface area (Å²) in [6.07, 6.45) is 5.51. The maximum atomic E-state index is 12.9. The van der Waals surface area contributed by atoms with Crippen LogP contribution in [0.3, 0.4) is 0 Å². The number of carbonyl (C=O) groups excluding carboxylic acids is 1. The van der Waals surface area contributed by atoms with Crippen molar-refractivity contribution >= 4 is 51.7 Å². The fraction of sp³-hybridized carbons (Fsp3) is 0.227. The van der Waals surface area contributed by atoms with Crippen LogP contribution in [-0.4, -0.2) is 52.3 Å². The number of benzene rings is 1. The van der Waals surface area contributed by atoms with Crippen LogP contribution in [0.2, 0.25) is 10.0 Å². The fourth-order valence-electron chi connectivity index (χ4n) is 3.94. The standard InChI is InChI=1S/C22H19Cl2N7O3/c1-33-22-27-7-12(8-28-22)11-2-3-14(15(23)6-11)21(32)29-13-4-5-31(10-13)20-18-17(16(24)9-26-20)19(25)30-34-18/h2-3,6-9,13H,4-5,10H2,1H3,(H2,25,30)(H,29,32). The van der Waals surface area contributed by atoms with Crippen molar-refractivity contribution in [2.75, 3.05) is 30.8 Å². The fourth-order valence-corrected chi connectivity index (χ4v) is 4.43. The van der Waals surface area contributed by atoms with Gasteiger partial charge in [0, 0.05) is 43.3 Å². The molecule has 5 rings (SSSR count). The van der Waals surface area contributed by atoms with E-state index in [0.29, 0.717) is 45.5 Å². The highest BCUT2D eigenvalue weighted by Gasteiger charge is 2.29. The second-order valence-corrected chi connectivity index (χ2v) is 8.57. The second-order valence-electron chi connectivity index (χ2n) is 7.76. The molecule has 4 heterocycles. The van der Waals surface area contributed by atoms with Gasteiger partial charge in [-0.3, -0.25) is 4.79 Å². The molecular weight excluding hydrogens is 481 g/mol. The lowest BCUT2D eigenvalue weighted by molar-refractivity contribution is 0.0940. The van der Waals surface area contributed by atoms with E-state index in [9.17, 15) is 4.79 Å². The summed E-state index contributed by atoms with van der Waals surface area (Å²) in [5.74, 6) is 0.545. The number of pyridine rings is 1. The number of hydrogen-bond donors (Lipinski definition) is 2. The molecule has 1 aliphatic rings. The molecule has 12 heteroatoms. The number of halogens is 2. The number of aromatic nitrogens is 4. The number of amides is 1. The smallest absolute Gasteiger partial charge is 0.316 e. The number of ether oxygens (including phenoxy) is 1. The Labute approximate surface area is 204 Å². The van der Waals surface area contributed by atoms with Crippen LogP contribution < -0.4 is 20.7 Å². The average molecular weight is 500 g/mol. The van der Waals surface area contributed by atoms with Gasteiger partial charge in [-0.05, 0) is 24.1 Å². The first kappa shape index (κ1) is 22.2. The Morgan fingerprint density at radius 2 is 1.97 bits per heavy atom. The lowest BCUT2D eigenvalue weighted by Gasteiger charge is -2.18. The predicted molar refractivity (Wildman–Crippen MR) is 128 cm³/mol. The molecule has 0 spiro atoms. The van der Waals surface area contributed by atoms with Crippen LogP contribution in [0, 0.1) is 0 Å². The van der Waals surface area contributed by atoms with Crippen molar-refractivity contribution in [2.24, 2.45) is 0 Å². The quantitative estimate of drug-likeness (QED) is 0.422. The van der Waals surface area contributed by atoms with Crippen molar-refractivity contribution in [1.82, 2.24) is 25.4 Å². The first-order chi connectivity index (χ1) is 16.4. The molecule has 1 fully saturated rings. The van der Waals surface area contributed by atoms with Gasteiger partial charge in [0.2, 0.25) is 5.58 Å². The topological polar surface area (TPSA) is 132 Å². The number of nitrogen functional groups attached to an aromatic ring is 1. The van der Waals surface area contributed by atoms with E-state index in [4.69, 9.17) is 38.2 Å². The minimum Gasteiger partial charge on any atom is -0.467 e. The molecule has 1 aliphatic heterocycles. The van der Waals surface area contributed by atoms with Crippen LogP contribution in [-0.2, 0) is 0 Å². The summed E-state index contributed by atoms with van der Waals surface area (Å²) in [6, 6.07) is 5.37. The molecule has 1 aromatic carbocycles. The van der Waals surface area contributed by atoms with Gasteiger partial charge in [-0.2, -0.15) is 0 Å². The molecular formula is C22H19Cl2N7O3. The van der Waals surface area contributed by atoms with Crippen molar-refractivity contribution in [1.29, 1.82) is 0 Å². The highest BCUT2D eigenvalue weighted by Crippen LogP contribution is 2.35. The number of methoxy groups -OCH3 is 1. The summed E-state index contributed by atoms with van der Waals surface area (Å²) in [5.41, 5.74) is 8.22. The van der Waals surface area contributed by atoms with Gasteiger partial charge in [0.15, 0.2) is 11.6 Å². The second kappa shape index (κ2) is 8.96. The largest absolute Gasteiger partial charge is 0.467 e. The third-order valence-electron chi connectivity index (χ3n) is 5.64. The SMILES string of the molecule is COc1ncc(-c2ccc(C(=O)NC3CCN(c4ncc(Cl)c5c(N)noc45)C3)c(Cl)c2)cn1. The summed E-state index contributed by atoms with van der Waals surface area (Å²) < 4.78 is 10.3. The zero-order valence-electron chi connectivity index (χ0n) is 18.0. The van der Waals surface area contributed by atoms with Crippen LogP contribution in [0.1, 0.15) is 16.8 Å². The normalized spacial score (nSPS) is 15.6. The molecule has 0 aliphatic carbocycles. The average Bonchev–Trinajstić information content (AvgIpc) is 3.46. The molecule has 3 N–H and O–H groups in total. The van der Waals surface area contributed by atoms with E-state index in [1.165, 1.54) is 13.3 Å². The number of fused-ring (bicyclic) bond motifs is 1. The Morgan fingerprint density at radius 1 is 1.18 bits per heavy atom. The Morgan fingerprint density at radius 3 is 2.71 bits per heavy atom. The molecule has 1 atom stereocenters. The molecule has 3 aromatic heterocycles. The van der Waals surface area contributed by atoms with E-state index in [2.05, 4.69) is 25.4 Å².